The van der Waals surface area contributed by atoms with Crippen LogP contribution >= 0.6 is 0 Å². The second-order valence-electron chi connectivity index (χ2n) is 5.14. The average molecular weight is 258 g/mol. The van der Waals surface area contributed by atoms with E-state index in [2.05, 4.69) is 44.3 Å². The van der Waals surface area contributed by atoms with E-state index < -0.39 is 0 Å². The highest BCUT2D eigenvalue weighted by Gasteiger charge is 2.15. The number of rotatable bonds is 4. The first-order valence-electron chi connectivity index (χ1n) is 6.69. The number of anilines is 1. The molecule has 0 fully saturated rings. The fourth-order valence-corrected chi connectivity index (χ4v) is 2.73. The van der Waals surface area contributed by atoms with Crippen molar-refractivity contribution in [2.45, 2.75) is 33.3 Å². The fraction of sp³-hybridized carbons (Fsp3) is 0.438. The van der Waals surface area contributed by atoms with E-state index in [1.54, 1.807) is 7.11 Å². The summed E-state index contributed by atoms with van der Waals surface area (Å²) in [6, 6.07) is 6.27. The first-order valence-corrected chi connectivity index (χ1v) is 6.69. The van der Waals surface area contributed by atoms with E-state index in [1.165, 1.54) is 16.6 Å². The molecule has 2 aromatic rings. The fourth-order valence-electron chi connectivity index (χ4n) is 2.73. The summed E-state index contributed by atoms with van der Waals surface area (Å²) in [5.41, 5.74) is 5.75. The number of hydrogen-bond donors (Lipinski definition) is 1. The molecule has 0 aliphatic rings. The SMILES string of the molecule is CNc1c(C(C)C)c(C)nc2c(COC)cccc12. The number of aryl methyl sites for hydroxylation is 1. The zero-order valence-corrected chi connectivity index (χ0v) is 12.4. The van der Waals surface area contributed by atoms with Crippen molar-refractivity contribution in [3.63, 3.8) is 0 Å². The number of aromatic nitrogens is 1. The summed E-state index contributed by atoms with van der Waals surface area (Å²) in [6.45, 7) is 7.08. The second-order valence-corrected chi connectivity index (χ2v) is 5.14. The lowest BCUT2D eigenvalue weighted by molar-refractivity contribution is 0.186. The molecule has 102 valence electrons. The normalized spacial score (nSPS) is 11.3. The van der Waals surface area contributed by atoms with Crippen molar-refractivity contribution in [3.05, 3.63) is 35.0 Å². The van der Waals surface area contributed by atoms with Crippen LogP contribution in [0.1, 0.15) is 36.6 Å². The lowest BCUT2D eigenvalue weighted by Crippen LogP contribution is -2.05. The van der Waals surface area contributed by atoms with Gasteiger partial charge in [-0.1, -0.05) is 32.0 Å². The van der Waals surface area contributed by atoms with Crippen LogP contribution in [0.2, 0.25) is 0 Å². The molecule has 0 saturated carbocycles. The highest BCUT2D eigenvalue weighted by atomic mass is 16.5. The van der Waals surface area contributed by atoms with E-state index in [0.717, 1.165) is 16.8 Å². The number of para-hydroxylation sites is 1. The van der Waals surface area contributed by atoms with E-state index in [-0.39, 0.29) is 0 Å². The molecule has 0 saturated heterocycles. The molecule has 19 heavy (non-hydrogen) atoms. The Morgan fingerprint density at radius 1 is 1.32 bits per heavy atom. The van der Waals surface area contributed by atoms with Gasteiger partial charge in [0, 0.05) is 36.5 Å². The lowest BCUT2D eigenvalue weighted by atomic mass is 9.95. The Hall–Kier alpha value is -1.61. The van der Waals surface area contributed by atoms with Gasteiger partial charge in [0.15, 0.2) is 0 Å². The van der Waals surface area contributed by atoms with E-state index in [1.807, 2.05) is 7.05 Å². The van der Waals surface area contributed by atoms with Crippen LogP contribution in [-0.2, 0) is 11.3 Å². The van der Waals surface area contributed by atoms with Crippen LogP contribution in [0.25, 0.3) is 10.9 Å². The summed E-state index contributed by atoms with van der Waals surface area (Å²) >= 11 is 0. The Bertz CT molecular complexity index is 591. The summed E-state index contributed by atoms with van der Waals surface area (Å²) < 4.78 is 5.27. The van der Waals surface area contributed by atoms with Crippen molar-refractivity contribution in [3.8, 4) is 0 Å². The maximum Gasteiger partial charge on any atom is 0.0781 e. The maximum absolute atomic E-state index is 5.27. The zero-order chi connectivity index (χ0) is 14.0. The topological polar surface area (TPSA) is 34.2 Å². The van der Waals surface area contributed by atoms with Crippen LogP contribution in [0.15, 0.2) is 18.2 Å². The molecule has 0 aliphatic carbocycles. The number of hydrogen-bond acceptors (Lipinski definition) is 3. The van der Waals surface area contributed by atoms with Crippen molar-refractivity contribution in [2.75, 3.05) is 19.5 Å². The molecule has 0 atom stereocenters. The van der Waals surface area contributed by atoms with Gasteiger partial charge >= 0.3 is 0 Å². The molecule has 2 rings (SSSR count). The zero-order valence-electron chi connectivity index (χ0n) is 12.4. The van der Waals surface area contributed by atoms with Gasteiger partial charge in [-0.05, 0) is 18.4 Å². The smallest absolute Gasteiger partial charge is 0.0781 e. The molecule has 1 heterocycles. The minimum Gasteiger partial charge on any atom is -0.387 e. The Labute approximate surface area is 115 Å². The van der Waals surface area contributed by atoms with Crippen molar-refractivity contribution in [1.82, 2.24) is 4.98 Å². The van der Waals surface area contributed by atoms with Gasteiger partial charge < -0.3 is 10.1 Å². The molecular weight excluding hydrogens is 236 g/mol. The average Bonchev–Trinajstić information content (AvgIpc) is 2.38. The molecule has 0 aliphatic heterocycles. The van der Waals surface area contributed by atoms with E-state index in [0.29, 0.717) is 12.5 Å². The van der Waals surface area contributed by atoms with Crippen LogP contribution < -0.4 is 5.32 Å². The van der Waals surface area contributed by atoms with Crippen LogP contribution in [0, 0.1) is 6.92 Å². The second kappa shape index (κ2) is 5.57. The Kier molecular flexibility index (Phi) is 4.05. The summed E-state index contributed by atoms with van der Waals surface area (Å²) in [6.07, 6.45) is 0. The summed E-state index contributed by atoms with van der Waals surface area (Å²) in [5.74, 6) is 0.449. The number of pyridine rings is 1. The highest BCUT2D eigenvalue weighted by Crippen LogP contribution is 2.34. The quantitative estimate of drug-likeness (QED) is 0.904. The predicted molar refractivity (Wildman–Crippen MR) is 80.8 cm³/mol. The number of ether oxygens (including phenoxy) is 1. The number of nitrogens with zero attached hydrogens (tertiary/aromatic N) is 1. The summed E-state index contributed by atoms with van der Waals surface area (Å²) in [4.78, 5) is 4.80. The van der Waals surface area contributed by atoms with E-state index in [9.17, 15) is 0 Å². The molecule has 3 heteroatoms. The molecule has 3 nitrogen and oxygen atoms in total. The molecule has 0 radical (unpaired) electrons. The summed E-state index contributed by atoms with van der Waals surface area (Å²) in [7, 11) is 3.69. The largest absolute Gasteiger partial charge is 0.387 e. The van der Waals surface area contributed by atoms with E-state index in [4.69, 9.17) is 9.72 Å². The molecular formula is C16H22N2O. The van der Waals surface area contributed by atoms with Gasteiger partial charge in [0.05, 0.1) is 12.1 Å². The third-order valence-corrected chi connectivity index (χ3v) is 3.45. The minimum atomic E-state index is 0.449. The summed E-state index contributed by atoms with van der Waals surface area (Å²) in [5, 5.41) is 4.52. The van der Waals surface area contributed by atoms with Crippen molar-refractivity contribution in [2.24, 2.45) is 0 Å². The van der Waals surface area contributed by atoms with Crippen molar-refractivity contribution < 1.29 is 4.74 Å². The minimum absolute atomic E-state index is 0.449. The number of fused-ring (bicyclic) bond motifs is 1. The third-order valence-electron chi connectivity index (χ3n) is 3.45. The van der Waals surface area contributed by atoms with Crippen molar-refractivity contribution in [1.29, 1.82) is 0 Å². The van der Waals surface area contributed by atoms with Gasteiger partial charge in [-0.25, -0.2) is 0 Å². The first-order chi connectivity index (χ1) is 9.10. The lowest BCUT2D eigenvalue weighted by Gasteiger charge is -2.19. The van der Waals surface area contributed by atoms with Gasteiger partial charge in [0.1, 0.15) is 0 Å². The third kappa shape index (κ3) is 2.43. The van der Waals surface area contributed by atoms with Gasteiger partial charge in [-0.15, -0.1) is 0 Å². The van der Waals surface area contributed by atoms with Gasteiger partial charge in [0.25, 0.3) is 0 Å². The molecule has 0 spiro atoms. The van der Waals surface area contributed by atoms with E-state index >= 15 is 0 Å². The maximum atomic E-state index is 5.27. The molecule has 0 bridgehead atoms. The van der Waals surface area contributed by atoms with Crippen LogP contribution in [0.5, 0.6) is 0 Å². The van der Waals surface area contributed by atoms with Crippen LogP contribution in [0.3, 0.4) is 0 Å². The Morgan fingerprint density at radius 3 is 2.63 bits per heavy atom. The number of methoxy groups -OCH3 is 1. The molecule has 0 amide bonds. The van der Waals surface area contributed by atoms with Crippen LogP contribution in [0.4, 0.5) is 5.69 Å². The molecule has 0 unspecified atom stereocenters. The standard InChI is InChI=1S/C16H22N2O/c1-10(2)14-11(3)18-15-12(9-19-5)7-6-8-13(15)16(14)17-4/h6-8,10H,9H2,1-5H3,(H,17,18). The number of benzene rings is 1. The molecule has 1 aromatic carbocycles. The highest BCUT2D eigenvalue weighted by molar-refractivity contribution is 5.95. The van der Waals surface area contributed by atoms with Gasteiger partial charge in [-0.3, -0.25) is 4.98 Å². The van der Waals surface area contributed by atoms with Gasteiger partial charge in [-0.2, -0.15) is 0 Å². The monoisotopic (exact) mass is 258 g/mol. The molecule has 1 N–H and O–H groups in total. The van der Waals surface area contributed by atoms with Crippen molar-refractivity contribution >= 4 is 16.6 Å². The van der Waals surface area contributed by atoms with Crippen LogP contribution in [-0.4, -0.2) is 19.1 Å². The Morgan fingerprint density at radius 2 is 2.05 bits per heavy atom. The number of nitrogens with one attached hydrogen (secondary N) is 1. The first kappa shape index (κ1) is 13.8. The molecule has 1 aromatic heterocycles. The van der Waals surface area contributed by atoms with Gasteiger partial charge in [0.2, 0.25) is 0 Å². The Balaban J connectivity index is 2.80. The predicted octanol–water partition coefficient (Wildman–Crippen LogP) is 3.85.